The van der Waals surface area contributed by atoms with Gasteiger partial charge in [-0.2, -0.15) is 4.98 Å². The molecule has 0 aliphatic heterocycles. The van der Waals surface area contributed by atoms with Crippen LogP contribution in [0.25, 0.3) is 11.6 Å². The van der Waals surface area contributed by atoms with Crippen LogP contribution >= 0.6 is 0 Å². The average Bonchev–Trinajstić information content (AvgIpc) is 2.83. The van der Waals surface area contributed by atoms with Gasteiger partial charge in [-0.15, -0.1) is 0 Å². The maximum Gasteiger partial charge on any atom is 0.323 e. The Morgan fingerprint density at radius 1 is 1.59 bits per heavy atom. The lowest BCUT2D eigenvalue weighted by Crippen LogP contribution is -2.08. The van der Waals surface area contributed by atoms with Crippen molar-refractivity contribution in [2.24, 2.45) is 0 Å². The molecule has 2 aromatic heterocycles. The van der Waals surface area contributed by atoms with Gasteiger partial charge in [-0.3, -0.25) is 4.79 Å². The van der Waals surface area contributed by atoms with Crippen LogP contribution in [-0.2, 0) is 11.3 Å². The lowest BCUT2D eigenvalue weighted by Gasteiger charge is -2.01. The van der Waals surface area contributed by atoms with Crippen LogP contribution < -0.4 is 0 Å². The first kappa shape index (κ1) is 11.4. The summed E-state index contributed by atoms with van der Waals surface area (Å²) in [6.07, 6.45) is 1.67. The lowest BCUT2D eigenvalue weighted by molar-refractivity contribution is -0.137. The third-order valence-corrected chi connectivity index (χ3v) is 2.31. The minimum absolute atomic E-state index is 0.123. The second-order valence-electron chi connectivity index (χ2n) is 4.03. The van der Waals surface area contributed by atoms with E-state index in [0.717, 1.165) is 0 Å². The number of aliphatic carboxylic acids is 1. The van der Waals surface area contributed by atoms with Gasteiger partial charge < -0.3 is 14.2 Å². The van der Waals surface area contributed by atoms with Crippen LogP contribution in [0.2, 0.25) is 0 Å². The highest BCUT2D eigenvalue weighted by molar-refractivity contribution is 5.67. The van der Waals surface area contributed by atoms with Gasteiger partial charge in [0, 0.05) is 12.1 Å². The maximum atomic E-state index is 10.7. The van der Waals surface area contributed by atoms with Gasteiger partial charge in [0.05, 0.1) is 0 Å². The second kappa shape index (κ2) is 4.40. The Kier molecular flexibility index (Phi) is 2.95. The summed E-state index contributed by atoms with van der Waals surface area (Å²) in [4.78, 5) is 14.9. The Morgan fingerprint density at radius 3 is 2.94 bits per heavy atom. The molecular formula is C11H13N3O3. The van der Waals surface area contributed by atoms with Crippen molar-refractivity contribution in [3.8, 4) is 11.6 Å². The molecule has 2 heterocycles. The molecule has 6 nitrogen and oxygen atoms in total. The van der Waals surface area contributed by atoms with Gasteiger partial charge in [0.2, 0.25) is 0 Å². The molecule has 90 valence electrons. The number of nitrogens with zero attached hydrogens (tertiary/aromatic N) is 3. The van der Waals surface area contributed by atoms with E-state index >= 15 is 0 Å². The fourth-order valence-corrected chi connectivity index (χ4v) is 1.47. The zero-order valence-corrected chi connectivity index (χ0v) is 9.62. The molecule has 0 fully saturated rings. The average molecular weight is 235 g/mol. The minimum Gasteiger partial charge on any atom is -0.480 e. The van der Waals surface area contributed by atoms with Gasteiger partial charge in [-0.1, -0.05) is 19.0 Å². The zero-order chi connectivity index (χ0) is 12.4. The van der Waals surface area contributed by atoms with E-state index < -0.39 is 5.97 Å². The van der Waals surface area contributed by atoms with Crippen LogP contribution in [0, 0.1) is 0 Å². The predicted molar refractivity (Wildman–Crippen MR) is 59.4 cm³/mol. The molecule has 0 bridgehead atoms. The molecule has 0 saturated heterocycles. The number of hydrogen-bond donors (Lipinski definition) is 1. The summed E-state index contributed by atoms with van der Waals surface area (Å²) in [7, 11) is 0. The van der Waals surface area contributed by atoms with Gasteiger partial charge in [0.25, 0.3) is 5.89 Å². The monoisotopic (exact) mass is 235 g/mol. The fraction of sp³-hybridized carbons (Fsp3) is 0.364. The Balaban J connectivity index is 2.32. The smallest absolute Gasteiger partial charge is 0.323 e. The SMILES string of the molecule is CC(C)c1noc(-c2cccn2CC(=O)O)n1. The lowest BCUT2D eigenvalue weighted by atomic mass is 10.2. The number of rotatable bonds is 4. The van der Waals surface area contributed by atoms with Crippen molar-refractivity contribution in [3.63, 3.8) is 0 Å². The van der Waals surface area contributed by atoms with Crippen LogP contribution in [0.5, 0.6) is 0 Å². The summed E-state index contributed by atoms with van der Waals surface area (Å²) in [5.41, 5.74) is 0.617. The Bertz CT molecular complexity index is 528. The quantitative estimate of drug-likeness (QED) is 0.873. The molecule has 0 spiro atoms. The Labute approximate surface area is 97.9 Å². The molecule has 0 aliphatic rings. The molecule has 6 heteroatoms. The summed E-state index contributed by atoms with van der Waals surface area (Å²) in [6, 6.07) is 3.50. The predicted octanol–water partition coefficient (Wildman–Crippen LogP) is 1.75. The van der Waals surface area contributed by atoms with E-state index in [0.29, 0.717) is 17.4 Å². The van der Waals surface area contributed by atoms with Gasteiger partial charge in [-0.25, -0.2) is 0 Å². The van der Waals surface area contributed by atoms with E-state index in [9.17, 15) is 4.79 Å². The van der Waals surface area contributed by atoms with Crippen molar-refractivity contribution in [3.05, 3.63) is 24.2 Å². The van der Waals surface area contributed by atoms with Crippen molar-refractivity contribution in [1.82, 2.24) is 14.7 Å². The molecule has 0 saturated carbocycles. The first-order valence-corrected chi connectivity index (χ1v) is 5.29. The van der Waals surface area contributed by atoms with Crippen molar-refractivity contribution < 1.29 is 14.4 Å². The number of aromatic nitrogens is 3. The Morgan fingerprint density at radius 2 is 2.35 bits per heavy atom. The highest BCUT2D eigenvalue weighted by Crippen LogP contribution is 2.20. The third-order valence-electron chi connectivity index (χ3n) is 2.31. The van der Waals surface area contributed by atoms with Crippen molar-refractivity contribution in [2.45, 2.75) is 26.3 Å². The number of carbonyl (C=O) groups is 1. The molecule has 0 unspecified atom stereocenters. The van der Waals surface area contributed by atoms with Crippen molar-refractivity contribution in [1.29, 1.82) is 0 Å². The van der Waals surface area contributed by atoms with Gasteiger partial charge in [0.1, 0.15) is 12.2 Å². The van der Waals surface area contributed by atoms with Crippen LogP contribution in [0.3, 0.4) is 0 Å². The summed E-state index contributed by atoms with van der Waals surface area (Å²) in [6.45, 7) is 3.80. The molecule has 17 heavy (non-hydrogen) atoms. The fourth-order valence-electron chi connectivity index (χ4n) is 1.47. The number of carboxylic acid groups (broad SMARTS) is 1. The normalized spacial score (nSPS) is 11.0. The molecule has 0 aliphatic carbocycles. The first-order valence-electron chi connectivity index (χ1n) is 5.29. The zero-order valence-electron chi connectivity index (χ0n) is 9.62. The van der Waals surface area contributed by atoms with Crippen LogP contribution in [0.1, 0.15) is 25.6 Å². The molecule has 2 aromatic rings. The molecule has 2 rings (SSSR count). The van der Waals surface area contributed by atoms with E-state index in [1.165, 1.54) is 0 Å². The topological polar surface area (TPSA) is 81.2 Å². The van der Waals surface area contributed by atoms with E-state index in [2.05, 4.69) is 10.1 Å². The van der Waals surface area contributed by atoms with E-state index in [1.807, 2.05) is 13.8 Å². The number of hydrogen-bond acceptors (Lipinski definition) is 4. The third kappa shape index (κ3) is 2.35. The number of carboxylic acids is 1. The minimum atomic E-state index is -0.911. The summed E-state index contributed by atoms with van der Waals surface area (Å²) in [5, 5.41) is 12.6. The van der Waals surface area contributed by atoms with Crippen LogP contribution in [0.15, 0.2) is 22.9 Å². The van der Waals surface area contributed by atoms with Gasteiger partial charge in [-0.05, 0) is 12.1 Å². The van der Waals surface area contributed by atoms with Gasteiger partial charge >= 0.3 is 5.97 Å². The molecule has 0 aromatic carbocycles. The maximum absolute atomic E-state index is 10.7. The molecular weight excluding hydrogens is 222 g/mol. The summed E-state index contributed by atoms with van der Waals surface area (Å²) < 4.78 is 6.67. The van der Waals surface area contributed by atoms with E-state index in [-0.39, 0.29) is 12.5 Å². The largest absolute Gasteiger partial charge is 0.480 e. The van der Waals surface area contributed by atoms with Crippen molar-refractivity contribution >= 4 is 5.97 Å². The summed E-state index contributed by atoms with van der Waals surface area (Å²) >= 11 is 0. The van der Waals surface area contributed by atoms with Crippen molar-refractivity contribution in [2.75, 3.05) is 0 Å². The standard InChI is InChI=1S/C11H13N3O3/c1-7(2)10-12-11(17-13-10)8-4-3-5-14(8)6-9(15)16/h3-5,7H,6H2,1-2H3,(H,15,16). The molecule has 0 atom stereocenters. The highest BCUT2D eigenvalue weighted by Gasteiger charge is 2.15. The Hall–Kier alpha value is -2.11. The van der Waals surface area contributed by atoms with Crippen LogP contribution in [-0.4, -0.2) is 25.8 Å². The highest BCUT2D eigenvalue weighted by atomic mass is 16.5. The molecule has 1 N–H and O–H groups in total. The van der Waals surface area contributed by atoms with E-state index in [4.69, 9.17) is 9.63 Å². The molecule has 0 amide bonds. The van der Waals surface area contributed by atoms with Gasteiger partial charge in [0.15, 0.2) is 5.82 Å². The van der Waals surface area contributed by atoms with E-state index in [1.54, 1.807) is 22.9 Å². The van der Waals surface area contributed by atoms with Crippen LogP contribution in [0.4, 0.5) is 0 Å². The first-order chi connectivity index (χ1) is 8.08. The summed E-state index contributed by atoms with van der Waals surface area (Å²) in [5.74, 6) is 0.226. The molecule has 0 radical (unpaired) electrons. The second-order valence-corrected chi connectivity index (χ2v) is 4.03.